The molecule has 0 radical (unpaired) electrons. The summed E-state index contributed by atoms with van der Waals surface area (Å²) in [6.07, 6.45) is 2.15. The Morgan fingerprint density at radius 3 is 2.68 bits per heavy atom. The third kappa shape index (κ3) is 5.39. The molecule has 2 N–H and O–H groups in total. The van der Waals surface area contributed by atoms with Crippen molar-refractivity contribution in [3.05, 3.63) is 96.0 Å². The lowest BCUT2D eigenvalue weighted by atomic mass is 10.0. The van der Waals surface area contributed by atoms with Gasteiger partial charge in [0.2, 0.25) is 5.91 Å². The molecule has 4 aromatic rings. The van der Waals surface area contributed by atoms with E-state index in [-0.39, 0.29) is 18.0 Å². The Kier molecular flexibility index (Phi) is 7.67. The number of benzene rings is 2. The van der Waals surface area contributed by atoms with E-state index in [1.54, 1.807) is 25.1 Å². The first-order chi connectivity index (χ1) is 18.5. The minimum Gasteiger partial charge on any atom is -0.494 e. The van der Waals surface area contributed by atoms with E-state index < -0.39 is 0 Å². The van der Waals surface area contributed by atoms with Gasteiger partial charge in [-0.3, -0.25) is 9.78 Å². The monoisotopic (exact) mass is 544 g/mol. The fourth-order valence-electron chi connectivity index (χ4n) is 4.36. The molecule has 38 heavy (non-hydrogen) atoms. The van der Waals surface area contributed by atoms with Gasteiger partial charge >= 0.3 is 0 Å². The molecule has 2 unspecified atom stereocenters. The van der Waals surface area contributed by atoms with E-state index in [9.17, 15) is 4.79 Å². The van der Waals surface area contributed by atoms with Crippen LogP contribution in [0.1, 0.15) is 42.4 Å². The van der Waals surface area contributed by atoms with Crippen LogP contribution in [0.4, 0.5) is 11.4 Å². The Morgan fingerprint density at radius 1 is 1.16 bits per heavy atom. The maximum Gasteiger partial charge on any atom is 0.224 e. The van der Waals surface area contributed by atoms with Gasteiger partial charge in [0.05, 0.1) is 24.5 Å². The number of anilines is 2. The maximum atomic E-state index is 12.0. The van der Waals surface area contributed by atoms with E-state index in [0.717, 1.165) is 27.1 Å². The van der Waals surface area contributed by atoms with Crippen molar-refractivity contribution >= 4 is 46.4 Å². The lowest BCUT2D eigenvalue weighted by Crippen LogP contribution is -2.29. The lowest BCUT2D eigenvalue weighted by Gasteiger charge is -2.26. The van der Waals surface area contributed by atoms with Crippen LogP contribution in [-0.4, -0.2) is 23.1 Å². The number of nitrogens with one attached hydrogen (secondary N) is 2. The second kappa shape index (κ2) is 11.3. The van der Waals surface area contributed by atoms with Crippen LogP contribution in [-0.2, 0) is 4.79 Å². The number of carbonyl (C=O) groups excluding carboxylic acids is 1. The summed E-state index contributed by atoms with van der Waals surface area (Å²) < 4.78 is 12.0. The molecule has 0 spiro atoms. The molecule has 1 aliphatic rings. The highest BCUT2D eigenvalue weighted by molar-refractivity contribution is 7.99. The second-order valence-electron chi connectivity index (χ2n) is 8.85. The van der Waals surface area contributed by atoms with Gasteiger partial charge in [-0.1, -0.05) is 42.4 Å². The SMILES string of the molecule is CCC(=O)Nc1ccc(N2C(=S)NC(c3ccccn3)C2c2ccc(Sc3ccc(C)cc3)o2)cc1OC. The van der Waals surface area contributed by atoms with Gasteiger partial charge in [0.15, 0.2) is 10.2 Å². The van der Waals surface area contributed by atoms with E-state index >= 15 is 0 Å². The summed E-state index contributed by atoms with van der Waals surface area (Å²) in [6, 6.07) is 23.2. The van der Waals surface area contributed by atoms with Gasteiger partial charge in [-0.15, -0.1) is 0 Å². The van der Waals surface area contributed by atoms with Crippen LogP contribution < -0.4 is 20.3 Å². The highest BCUT2D eigenvalue weighted by atomic mass is 32.2. The average molecular weight is 545 g/mol. The summed E-state index contributed by atoms with van der Waals surface area (Å²) >= 11 is 7.40. The number of methoxy groups -OCH3 is 1. The van der Waals surface area contributed by atoms with Crippen molar-refractivity contribution in [3.8, 4) is 5.75 Å². The molecule has 194 valence electrons. The zero-order chi connectivity index (χ0) is 26.6. The molecule has 0 bridgehead atoms. The predicted molar refractivity (Wildman–Crippen MR) is 154 cm³/mol. The third-order valence-corrected chi connectivity index (χ3v) is 7.53. The van der Waals surface area contributed by atoms with Gasteiger partial charge in [0.1, 0.15) is 17.6 Å². The summed E-state index contributed by atoms with van der Waals surface area (Å²) in [4.78, 5) is 19.7. The molecule has 0 saturated carbocycles. The molecule has 3 heterocycles. The average Bonchev–Trinajstić information content (AvgIpc) is 3.54. The quantitative estimate of drug-likeness (QED) is 0.238. The molecule has 5 rings (SSSR count). The van der Waals surface area contributed by atoms with Crippen molar-refractivity contribution in [1.82, 2.24) is 10.3 Å². The molecule has 2 atom stereocenters. The largest absolute Gasteiger partial charge is 0.494 e. The van der Waals surface area contributed by atoms with Crippen LogP contribution in [0.3, 0.4) is 0 Å². The first-order valence-electron chi connectivity index (χ1n) is 12.3. The summed E-state index contributed by atoms with van der Waals surface area (Å²) in [6.45, 7) is 3.88. The topological polar surface area (TPSA) is 79.6 Å². The molecule has 1 saturated heterocycles. The first-order valence-corrected chi connectivity index (χ1v) is 13.5. The van der Waals surface area contributed by atoms with E-state index in [4.69, 9.17) is 21.4 Å². The summed E-state index contributed by atoms with van der Waals surface area (Å²) in [5.74, 6) is 1.21. The van der Waals surface area contributed by atoms with Crippen LogP contribution in [0.5, 0.6) is 5.75 Å². The second-order valence-corrected chi connectivity index (χ2v) is 10.3. The molecule has 0 aliphatic carbocycles. The van der Waals surface area contributed by atoms with Crippen LogP contribution in [0.2, 0.25) is 0 Å². The van der Waals surface area contributed by atoms with Crippen LogP contribution >= 0.6 is 24.0 Å². The predicted octanol–water partition coefficient (Wildman–Crippen LogP) is 6.67. The molecule has 1 aliphatic heterocycles. The molecule has 7 nitrogen and oxygen atoms in total. The van der Waals surface area contributed by atoms with Crippen LogP contribution in [0, 0.1) is 6.92 Å². The Bertz CT molecular complexity index is 1440. The van der Waals surface area contributed by atoms with Gasteiger partial charge < -0.3 is 24.7 Å². The number of ether oxygens (including phenoxy) is 1. The van der Waals surface area contributed by atoms with Crippen molar-refractivity contribution in [2.24, 2.45) is 0 Å². The fourth-order valence-corrected chi connectivity index (χ4v) is 5.49. The van der Waals surface area contributed by atoms with Crippen molar-refractivity contribution in [1.29, 1.82) is 0 Å². The van der Waals surface area contributed by atoms with Gasteiger partial charge in [-0.2, -0.15) is 0 Å². The Balaban J connectivity index is 1.52. The highest BCUT2D eigenvalue weighted by Gasteiger charge is 2.42. The maximum absolute atomic E-state index is 12.0. The zero-order valence-electron chi connectivity index (χ0n) is 21.3. The number of aromatic nitrogens is 1. The smallest absolute Gasteiger partial charge is 0.224 e. The highest BCUT2D eigenvalue weighted by Crippen LogP contribution is 2.44. The van der Waals surface area contributed by atoms with E-state index in [1.807, 2.05) is 60.4 Å². The van der Waals surface area contributed by atoms with E-state index in [1.165, 1.54) is 5.56 Å². The molecule has 2 aromatic carbocycles. The Labute approximate surface area is 231 Å². The molecule has 2 aromatic heterocycles. The Morgan fingerprint density at radius 2 is 1.97 bits per heavy atom. The number of hydrogen-bond donors (Lipinski definition) is 2. The molecule has 9 heteroatoms. The zero-order valence-corrected chi connectivity index (χ0v) is 22.9. The minimum absolute atomic E-state index is 0.0864. The number of rotatable bonds is 8. The molecule has 1 amide bonds. The number of furan rings is 1. The summed E-state index contributed by atoms with van der Waals surface area (Å²) in [5, 5.41) is 7.66. The number of aryl methyl sites for hydroxylation is 1. The summed E-state index contributed by atoms with van der Waals surface area (Å²) in [5.41, 5.74) is 3.48. The van der Waals surface area contributed by atoms with Crippen molar-refractivity contribution < 1.29 is 13.9 Å². The minimum atomic E-state index is -0.300. The number of nitrogens with zero attached hydrogens (tertiary/aromatic N) is 2. The van der Waals surface area contributed by atoms with Crippen molar-refractivity contribution in [2.75, 3.05) is 17.3 Å². The van der Waals surface area contributed by atoms with Gasteiger partial charge in [0, 0.05) is 29.3 Å². The standard InChI is InChI=1S/C29H28N4O3S2/c1-4-25(34)31-21-13-10-19(17-24(21)35-3)33-28(27(32-29(33)37)22-7-5-6-16-30-22)23-14-15-26(36-23)38-20-11-8-18(2)9-12-20/h5-17,27-28H,4H2,1-3H3,(H,31,34)(H,32,37). The normalized spacial score (nSPS) is 16.8. The van der Waals surface area contributed by atoms with Crippen molar-refractivity contribution in [3.63, 3.8) is 0 Å². The Hall–Kier alpha value is -3.82. The number of carbonyl (C=O) groups is 1. The molecular weight excluding hydrogens is 516 g/mol. The molecule has 1 fully saturated rings. The van der Waals surface area contributed by atoms with Crippen LogP contribution in [0.15, 0.2) is 93.4 Å². The van der Waals surface area contributed by atoms with E-state index in [0.29, 0.717) is 23.0 Å². The molecular formula is C29H28N4O3S2. The number of hydrogen-bond acceptors (Lipinski definition) is 6. The number of pyridine rings is 1. The van der Waals surface area contributed by atoms with Crippen molar-refractivity contribution in [2.45, 2.75) is 42.3 Å². The number of thiocarbonyl (C=S) groups is 1. The fraction of sp³-hybridized carbons (Fsp3) is 0.207. The van der Waals surface area contributed by atoms with Gasteiger partial charge in [0.25, 0.3) is 0 Å². The third-order valence-electron chi connectivity index (χ3n) is 6.29. The lowest BCUT2D eigenvalue weighted by molar-refractivity contribution is -0.115. The first kappa shape index (κ1) is 25.8. The van der Waals surface area contributed by atoms with Crippen LogP contribution in [0.25, 0.3) is 0 Å². The van der Waals surface area contributed by atoms with Gasteiger partial charge in [-0.25, -0.2) is 0 Å². The van der Waals surface area contributed by atoms with Gasteiger partial charge in [-0.05, 0) is 67.7 Å². The van der Waals surface area contributed by atoms with E-state index in [2.05, 4.69) is 46.8 Å². The summed E-state index contributed by atoms with van der Waals surface area (Å²) in [7, 11) is 1.58. The number of amides is 1.